The second-order valence-electron chi connectivity index (χ2n) is 5.84. The van der Waals surface area contributed by atoms with Gasteiger partial charge < -0.3 is 20.1 Å². The highest BCUT2D eigenvalue weighted by Crippen LogP contribution is 2.33. The van der Waals surface area contributed by atoms with E-state index in [1.54, 1.807) is 42.1 Å². The molecule has 6 nitrogen and oxygen atoms in total. The average Bonchev–Trinajstić information content (AvgIpc) is 2.84. The zero-order chi connectivity index (χ0) is 19.2. The highest BCUT2D eigenvalue weighted by atomic mass is 32.2. The van der Waals surface area contributed by atoms with Crippen LogP contribution in [0.2, 0.25) is 0 Å². The SMILES string of the molecule is CCOc1ccc(OCC)c(NC(=O)c2ccc3c(c2)NC(=O)CCS3)c1. The van der Waals surface area contributed by atoms with Crippen LogP contribution in [-0.2, 0) is 4.79 Å². The van der Waals surface area contributed by atoms with E-state index in [0.29, 0.717) is 48.1 Å². The van der Waals surface area contributed by atoms with Crippen molar-refractivity contribution in [1.29, 1.82) is 0 Å². The number of rotatable bonds is 6. The maximum absolute atomic E-state index is 12.8. The van der Waals surface area contributed by atoms with Gasteiger partial charge in [-0.1, -0.05) is 0 Å². The van der Waals surface area contributed by atoms with Gasteiger partial charge in [0.05, 0.1) is 24.6 Å². The Hall–Kier alpha value is -2.67. The quantitative estimate of drug-likeness (QED) is 0.779. The number of thioether (sulfide) groups is 1. The number of amides is 2. The van der Waals surface area contributed by atoms with Crippen LogP contribution in [0.4, 0.5) is 11.4 Å². The lowest BCUT2D eigenvalue weighted by Crippen LogP contribution is -2.15. The van der Waals surface area contributed by atoms with Crippen LogP contribution in [0.5, 0.6) is 11.5 Å². The number of benzene rings is 2. The van der Waals surface area contributed by atoms with Crippen molar-refractivity contribution in [3.05, 3.63) is 42.0 Å². The van der Waals surface area contributed by atoms with Crippen LogP contribution in [0.25, 0.3) is 0 Å². The molecular weight excluding hydrogens is 364 g/mol. The number of carbonyl (C=O) groups is 2. The molecular formula is C20H22N2O4S. The van der Waals surface area contributed by atoms with Gasteiger partial charge in [0.15, 0.2) is 0 Å². The summed E-state index contributed by atoms with van der Waals surface area (Å²) >= 11 is 1.60. The molecule has 0 aliphatic carbocycles. The number of carbonyl (C=O) groups excluding carboxylic acids is 2. The Morgan fingerprint density at radius 1 is 1.15 bits per heavy atom. The molecule has 1 aliphatic rings. The summed E-state index contributed by atoms with van der Waals surface area (Å²) in [5.41, 5.74) is 1.67. The summed E-state index contributed by atoms with van der Waals surface area (Å²) in [7, 11) is 0. The molecule has 1 heterocycles. The molecule has 1 aliphatic heterocycles. The minimum Gasteiger partial charge on any atom is -0.494 e. The molecule has 0 atom stereocenters. The first-order valence-corrected chi connectivity index (χ1v) is 9.87. The molecule has 0 spiro atoms. The van der Waals surface area contributed by atoms with Gasteiger partial charge in [-0.2, -0.15) is 0 Å². The Labute approximate surface area is 162 Å². The van der Waals surface area contributed by atoms with Crippen molar-refractivity contribution in [2.75, 3.05) is 29.6 Å². The molecule has 0 saturated carbocycles. The largest absolute Gasteiger partial charge is 0.494 e. The molecule has 0 aromatic heterocycles. The van der Waals surface area contributed by atoms with Gasteiger partial charge in [-0.25, -0.2) is 0 Å². The minimum atomic E-state index is -0.282. The van der Waals surface area contributed by atoms with Gasteiger partial charge in [-0.15, -0.1) is 11.8 Å². The van der Waals surface area contributed by atoms with Crippen LogP contribution < -0.4 is 20.1 Å². The topological polar surface area (TPSA) is 76.7 Å². The van der Waals surface area contributed by atoms with Gasteiger partial charge >= 0.3 is 0 Å². The Morgan fingerprint density at radius 3 is 2.74 bits per heavy atom. The summed E-state index contributed by atoms with van der Waals surface area (Å²) in [4.78, 5) is 25.5. The van der Waals surface area contributed by atoms with E-state index in [1.165, 1.54) is 0 Å². The summed E-state index contributed by atoms with van der Waals surface area (Å²) < 4.78 is 11.1. The predicted octanol–water partition coefficient (Wildman–Crippen LogP) is 4.17. The van der Waals surface area contributed by atoms with Gasteiger partial charge in [-0.3, -0.25) is 9.59 Å². The molecule has 0 unspecified atom stereocenters. The summed E-state index contributed by atoms with van der Waals surface area (Å²) in [5.74, 6) is 1.64. The standard InChI is InChI=1S/C20H22N2O4S/c1-3-25-14-6-7-17(26-4-2)15(12-14)22-20(24)13-5-8-18-16(11-13)21-19(23)9-10-27-18/h5-8,11-12H,3-4,9-10H2,1-2H3,(H,21,23)(H,22,24). The van der Waals surface area contributed by atoms with E-state index in [0.717, 1.165) is 10.6 Å². The van der Waals surface area contributed by atoms with Crippen molar-refractivity contribution >= 4 is 35.0 Å². The smallest absolute Gasteiger partial charge is 0.255 e. The van der Waals surface area contributed by atoms with Crippen LogP contribution in [0, 0.1) is 0 Å². The molecule has 142 valence electrons. The third-order valence-corrected chi connectivity index (χ3v) is 4.99. The van der Waals surface area contributed by atoms with Gasteiger partial charge in [-0.05, 0) is 44.2 Å². The highest BCUT2D eigenvalue weighted by Gasteiger charge is 2.17. The minimum absolute atomic E-state index is 0.0399. The van der Waals surface area contributed by atoms with Crippen molar-refractivity contribution in [2.45, 2.75) is 25.2 Å². The molecule has 0 radical (unpaired) electrons. The number of nitrogens with one attached hydrogen (secondary N) is 2. The Balaban J connectivity index is 1.84. The third-order valence-electron chi connectivity index (χ3n) is 3.91. The van der Waals surface area contributed by atoms with E-state index in [9.17, 15) is 9.59 Å². The van der Waals surface area contributed by atoms with Gasteiger partial charge in [0, 0.05) is 28.7 Å². The predicted molar refractivity (Wildman–Crippen MR) is 107 cm³/mol. The van der Waals surface area contributed by atoms with Gasteiger partial charge in [0.25, 0.3) is 5.91 Å². The summed E-state index contributed by atoms with van der Waals surface area (Å²) in [6.07, 6.45) is 0.461. The maximum atomic E-state index is 12.8. The van der Waals surface area contributed by atoms with E-state index in [-0.39, 0.29) is 11.8 Å². The summed E-state index contributed by atoms with van der Waals surface area (Å²) in [6, 6.07) is 10.6. The monoisotopic (exact) mass is 386 g/mol. The van der Waals surface area contributed by atoms with Crippen LogP contribution in [-0.4, -0.2) is 30.8 Å². The number of hydrogen-bond acceptors (Lipinski definition) is 5. The van der Waals surface area contributed by atoms with Gasteiger partial charge in [0.1, 0.15) is 11.5 Å². The van der Waals surface area contributed by atoms with Crippen molar-refractivity contribution in [3.8, 4) is 11.5 Å². The summed E-state index contributed by atoms with van der Waals surface area (Å²) in [5, 5.41) is 5.74. The van der Waals surface area contributed by atoms with E-state index in [2.05, 4.69) is 10.6 Å². The third kappa shape index (κ3) is 4.74. The zero-order valence-electron chi connectivity index (χ0n) is 15.3. The fourth-order valence-electron chi connectivity index (χ4n) is 2.70. The number of anilines is 2. The molecule has 0 bridgehead atoms. The molecule has 2 N–H and O–H groups in total. The van der Waals surface area contributed by atoms with Gasteiger partial charge in [0.2, 0.25) is 5.91 Å². The van der Waals surface area contributed by atoms with Crippen LogP contribution in [0.15, 0.2) is 41.3 Å². The summed E-state index contributed by atoms with van der Waals surface area (Å²) in [6.45, 7) is 4.80. The number of hydrogen-bond donors (Lipinski definition) is 2. The molecule has 7 heteroatoms. The first-order valence-electron chi connectivity index (χ1n) is 8.88. The van der Waals surface area contributed by atoms with E-state index in [1.807, 2.05) is 19.9 Å². The molecule has 27 heavy (non-hydrogen) atoms. The molecule has 2 aromatic rings. The highest BCUT2D eigenvalue weighted by molar-refractivity contribution is 7.99. The second kappa shape index (κ2) is 8.81. The van der Waals surface area contributed by atoms with Crippen molar-refractivity contribution < 1.29 is 19.1 Å². The number of ether oxygens (including phenoxy) is 2. The lowest BCUT2D eigenvalue weighted by molar-refractivity contribution is -0.115. The first-order chi connectivity index (χ1) is 13.1. The fraction of sp³-hybridized carbons (Fsp3) is 0.300. The molecule has 2 amide bonds. The Kier molecular flexibility index (Phi) is 6.24. The average molecular weight is 386 g/mol. The molecule has 0 fully saturated rings. The Bertz CT molecular complexity index is 854. The van der Waals surface area contributed by atoms with Crippen molar-refractivity contribution in [1.82, 2.24) is 0 Å². The van der Waals surface area contributed by atoms with Crippen molar-refractivity contribution in [3.63, 3.8) is 0 Å². The van der Waals surface area contributed by atoms with Crippen LogP contribution in [0.3, 0.4) is 0 Å². The normalized spacial score (nSPS) is 13.2. The van der Waals surface area contributed by atoms with Crippen LogP contribution in [0.1, 0.15) is 30.6 Å². The van der Waals surface area contributed by atoms with E-state index >= 15 is 0 Å². The van der Waals surface area contributed by atoms with Crippen molar-refractivity contribution in [2.24, 2.45) is 0 Å². The fourth-order valence-corrected chi connectivity index (χ4v) is 3.64. The van der Waals surface area contributed by atoms with Crippen LogP contribution >= 0.6 is 11.8 Å². The number of fused-ring (bicyclic) bond motifs is 1. The molecule has 0 saturated heterocycles. The lowest BCUT2D eigenvalue weighted by Gasteiger charge is -2.14. The first kappa shape index (κ1) is 19.1. The second-order valence-corrected chi connectivity index (χ2v) is 6.97. The lowest BCUT2D eigenvalue weighted by atomic mass is 10.1. The molecule has 2 aromatic carbocycles. The maximum Gasteiger partial charge on any atom is 0.255 e. The van der Waals surface area contributed by atoms with E-state index < -0.39 is 0 Å². The zero-order valence-corrected chi connectivity index (χ0v) is 16.2. The van der Waals surface area contributed by atoms with E-state index in [4.69, 9.17) is 9.47 Å². The Morgan fingerprint density at radius 2 is 1.96 bits per heavy atom. The molecule has 3 rings (SSSR count).